The normalized spacial score (nSPS) is 17.8. The summed E-state index contributed by atoms with van der Waals surface area (Å²) in [4.78, 5) is 13.9. The molecule has 1 N–H and O–H groups in total. The summed E-state index contributed by atoms with van der Waals surface area (Å²) in [6, 6.07) is 10.8. The third-order valence-electron chi connectivity index (χ3n) is 4.55. The number of fused-ring (bicyclic) bond motifs is 1. The third kappa shape index (κ3) is 3.49. The van der Waals surface area contributed by atoms with Crippen molar-refractivity contribution in [3.8, 4) is 0 Å². The summed E-state index contributed by atoms with van der Waals surface area (Å²) in [6.45, 7) is 0.771. The molecule has 132 valence electrons. The monoisotopic (exact) mass is 347 g/mol. The molecule has 1 heterocycles. The van der Waals surface area contributed by atoms with E-state index in [1.807, 2.05) is 29.2 Å². The minimum absolute atomic E-state index is 0.218. The van der Waals surface area contributed by atoms with Crippen molar-refractivity contribution in [2.75, 3.05) is 25.1 Å². The van der Waals surface area contributed by atoms with Gasteiger partial charge in [0.15, 0.2) is 11.6 Å². The van der Waals surface area contributed by atoms with Crippen LogP contribution in [0.4, 0.5) is 14.5 Å². The Balaban J connectivity index is 1.83. The molecule has 0 amide bonds. The second-order valence-electron chi connectivity index (χ2n) is 6.06. The Hall–Kier alpha value is -2.47. The van der Waals surface area contributed by atoms with E-state index >= 15 is 0 Å². The average molecular weight is 347 g/mol. The van der Waals surface area contributed by atoms with Gasteiger partial charge < -0.3 is 14.7 Å². The number of β-amino-alcohol motifs (C(OH)–C–C–N with tert-alkyl or cyclic N) is 1. The van der Waals surface area contributed by atoms with Crippen molar-refractivity contribution in [2.45, 2.75) is 18.4 Å². The van der Waals surface area contributed by atoms with Crippen LogP contribution in [0, 0.1) is 11.6 Å². The number of ether oxygens (including phenoxy) is 1. The Labute approximate surface area is 144 Å². The summed E-state index contributed by atoms with van der Waals surface area (Å²) in [6.07, 6.45) is -0.411. The number of esters is 1. The van der Waals surface area contributed by atoms with E-state index in [1.54, 1.807) is 0 Å². The molecular weight excluding hydrogens is 328 g/mol. The lowest BCUT2D eigenvalue weighted by Gasteiger charge is -2.36. The number of halogens is 2. The van der Waals surface area contributed by atoms with E-state index in [0.717, 1.165) is 23.4 Å². The van der Waals surface area contributed by atoms with Gasteiger partial charge in [0.1, 0.15) is 0 Å². The minimum atomic E-state index is -0.985. The van der Waals surface area contributed by atoms with E-state index in [0.29, 0.717) is 18.5 Å². The van der Waals surface area contributed by atoms with Crippen LogP contribution >= 0.6 is 0 Å². The standard InChI is InChI=1S/C19H19F2NO3/c1-25-19(24)14-8-9-22(17-5-3-2-4-13(14)17)11-18(23)12-6-7-15(20)16(21)10-12/h2-7,10,14,18,23H,8-9,11H2,1H3. The molecule has 0 radical (unpaired) electrons. The van der Waals surface area contributed by atoms with Crippen LogP contribution in [0.1, 0.15) is 29.6 Å². The van der Waals surface area contributed by atoms with Crippen LogP contribution in [0.15, 0.2) is 42.5 Å². The lowest BCUT2D eigenvalue weighted by molar-refractivity contribution is -0.142. The quantitative estimate of drug-likeness (QED) is 0.863. The maximum absolute atomic E-state index is 13.4. The highest BCUT2D eigenvalue weighted by molar-refractivity contribution is 5.81. The van der Waals surface area contributed by atoms with Gasteiger partial charge in [-0.1, -0.05) is 24.3 Å². The number of anilines is 1. The molecular formula is C19H19F2NO3. The molecule has 0 aromatic heterocycles. The Morgan fingerprint density at radius 3 is 2.76 bits per heavy atom. The second kappa shape index (κ2) is 7.19. The first-order valence-electron chi connectivity index (χ1n) is 8.06. The average Bonchev–Trinajstić information content (AvgIpc) is 2.63. The molecule has 0 saturated heterocycles. The fraction of sp³-hybridized carbons (Fsp3) is 0.316. The zero-order chi connectivity index (χ0) is 18.0. The molecule has 1 aliphatic rings. The molecule has 0 saturated carbocycles. The molecule has 0 bridgehead atoms. The van der Waals surface area contributed by atoms with Crippen LogP contribution in [0.2, 0.25) is 0 Å². The van der Waals surface area contributed by atoms with Gasteiger partial charge in [0.05, 0.1) is 19.1 Å². The van der Waals surface area contributed by atoms with E-state index < -0.39 is 17.7 Å². The predicted octanol–water partition coefficient (Wildman–Crippen LogP) is 3.17. The van der Waals surface area contributed by atoms with Crippen LogP contribution in [0.5, 0.6) is 0 Å². The fourth-order valence-corrected chi connectivity index (χ4v) is 3.24. The molecule has 3 rings (SSSR count). The Kier molecular flexibility index (Phi) is 4.99. The number of aliphatic hydroxyl groups excluding tert-OH is 1. The van der Waals surface area contributed by atoms with Crippen molar-refractivity contribution < 1.29 is 23.4 Å². The molecule has 0 fully saturated rings. The Morgan fingerprint density at radius 1 is 1.28 bits per heavy atom. The zero-order valence-electron chi connectivity index (χ0n) is 13.8. The molecule has 1 aliphatic heterocycles. The molecule has 4 nitrogen and oxygen atoms in total. The van der Waals surface area contributed by atoms with Crippen molar-refractivity contribution in [1.82, 2.24) is 0 Å². The maximum atomic E-state index is 13.4. The number of carbonyl (C=O) groups is 1. The van der Waals surface area contributed by atoms with E-state index in [2.05, 4.69) is 0 Å². The van der Waals surface area contributed by atoms with E-state index in [1.165, 1.54) is 13.2 Å². The predicted molar refractivity (Wildman–Crippen MR) is 89.3 cm³/mol. The largest absolute Gasteiger partial charge is 0.469 e. The van der Waals surface area contributed by atoms with E-state index in [4.69, 9.17) is 4.74 Å². The highest BCUT2D eigenvalue weighted by Crippen LogP contribution is 2.36. The highest BCUT2D eigenvalue weighted by atomic mass is 19.2. The summed E-state index contributed by atoms with van der Waals surface area (Å²) in [5.74, 6) is -2.55. The molecule has 2 aromatic carbocycles. The number of hydrogen-bond acceptors (Lipinski definition) is 4. The smallest absolute Gasteiger partial charge is 0.313 e. The maximum Gasteiger partial charge on any atom is 0.313 e. The van der Waals surface area contributed by atoms with Gasteiger partial charge in [-0.2, -0.15) is 0 Å². The molecule has 2 atom stereocenters. The van der Waals surface area contributed by atoms with Crippen molar-refractivity contribution >= 4 is 11.7 Å². The van der Waals surface area contributed by atoms with Gasteiger partial charge in [0.2, 0.25) is 0 Å². The second-order valence-corrected chi connectivity index (χ2v) is 6.06. The van der Waals surface area contributed by atoms with E-state index in [9.17, 15) is 18.7 Å². The minimum Gasteiger partial charge on any atom is -0.469 e. The molecule has 25 heavy (non-hydrogen) atoms. The molecule has 0 spiro atoms. The first-order chi connectivity index (χ1) is 12.0. The van der Waals surface area contributed by atoms with Gasteiger partial charge in [0, 0.05) is 18.8 Å². The van der Waals surface area contributed by atoms with Crippen LogP contribution in [-0.4, -0.2) is 31.3 Å². The van der Waals surface area contributed by atoms with Gasteiger partial charge in [0.25, 0.3) is 0 Å². The molecule has 6 heteroatoms. The lowest BCUT2D eigenvalue weighted by atomic mass is 9.89. The Morgan fingerprint density at radius 2 is 2.04 bits per heavy atom. The number of nitrogens with zero attached hydrogens (tertiary/aromatic N) is 1. The highest BCUT2D eigenvalue weighted by Gasteiger charge is 2.31. The van der Waals surface area contributed by atoms with Gasteiger partial charge in [-0.15, -0.1) is 0 Å². The van der Waals surface area contributed by atoms with Gasteiger partial charge in [-0.3, -0.25) is 4.79 Å². The van der Waals surface area contributed by atoms with Gasteiger partial charge >= 0.3 is 5.97 Å². The van der Waals surface area contributed by atoms with Crippen molar-refractivity contribution in [1.29, 1.82) is 0 Å². The van der Waals surface area contributed by atoms with Crippen molar-refractivity contribution in [3.05, 3.63) is 65.2 Å². The number of para-hydroxylation sites is 1. The summed E-state index contributed by atoms with van der Waals surface area (Å²) >= 11 is 0. The number of carbonyl (C=O) groups excluding carboxylic acids is 1. The zero-order valence-corrected chi connectivity index (χ0v) is 13.8. The van der Waals surface area contributed by atoms with Gasteiger partial charge in [-0.25, -0.2) is 8.78 Å². The molecule has 0 aliphatic carbocycles. The lowest BCUT2D eigenvalue weighted by Crippen LogP contribution is -2.36. The van der Waals surface area contributed by atoms with E-state index in [-0.39, 0.29) is 18.4 Å². The van der Waals surface area contributed by atoms with Crippen LogP contribution in [-0.2, 0) is 9.53 Å². The summed E-state index contributed by atoms with van der Waals surface area (Å²) < 4.78 is 31.3. The number of hydrogen-bond donors (Lipinski definition) is 1. The number of methoxy groups -OCH3 is 1. The van der Waals surface area contributed by atoms with Crippen LogP contribution < -0.4 is 4.90 Å². The summed E-state index contributed by atoms with van der Waals surface area (Å²) in [7, 11) is 1.37. The Bertz CT molecular complexity index is 781. The number of benzene rings is 2. The number of rotatable bonds is 4. The first kappa shape index (κ1) is 17.4. The van der Waals surface area contributed by atoms with Gasteiger partial charge in [-0.05, 0) is 35.7 Å². The number of aliphatic hydroxyl groups is 1. The van der Waals surface area contributed by atoms with Crippen molar-refractivity contribution in [2.24, 2.45) is 0 Å². The van der Waals surface area contributed by atoms with Crippen LogP contribution in [0.3, 0.4) is 0 Å². The topological polar surface area (TPSA) is 49.8 Å². The molecule has 2 aromatic rings. The SMILES string of the molecule is COC(=O)C1CCN(CC(O)c2ccc(F)c(F)c2)c2ccccc21. The van der Waals surface area contributed by atoms with Crippen molar-refractivity contribution in [3.63, 3.8) is 0 Å². The fourth-order valence-electron chi connectivity index (χ4n) is 3.24. The third-order valence-corrected chi connectivity index (χ3v) is 4.55. The summed E-state index contributed by atoms with van der Waals surface area (Å²) in [5, 5.41) is 10.4. The first-order valence-corrected chi connectivity index (χ1v) is 8.06. The van der Waals surface area contributed by atoms with Crippen LogP contribution in [0.25, 0.3) is 0 Å². The summed E-state index contributed by atoms with van der Waals surface area (Å²) in [5.41, 5.74) is 2.00. The molecule has 2 unspecified atom stereocenters.